The van der Waals surface area contributed by atoms with Crippen molar-refractivity contribution in [3.8, 4) is 0 Å². The second kappa shape index (κ2) is 6.38. The molecule has 5 N–H and O–H groups in total. The van der Waals surface area contributed by atoms with Crippen LogP contribution in [0.1, 0.15) is 6.42 Å². The number of guanidine groups is 1. The van der Waals surface area contributed by atoms with Crippen molar-refractivity contribution in [2.75, 3.05) is 20.8 Å². The maximum Gasteiger partial charge on any atom is 0.243 e. The van der Waals surface area contributed by atoms with Gasteiger partial charge in [0, 0.05) is 20.8 Å². The average Bonchev–Trinajstić information content (AvgIpc) is 2.13. The average molecular weight is 188 g/mol. The lowest BCUT2D eigenvalue weighted by Gasteiger charge is -2.10. The van der Waals surface area contributed by atoms with E-state index in [0.29, 0.717) is 13.0 Å². The molecule has 0 saturated carbocycles. The molecule has 1 unspecified atom stereocenters. The molecule has 6 nitrogen and oxygen atoms in total. The Hall–Kier alpha value is -1.14. The van der Waals surface area contributed by atoms with Gasteiger partial charge >= 0.3 is 0 Å². The highest BCUT2D eigenvalue weighted by Crippen LogP contribution is 1.88. The van der Waals surface area contributed by atoms with E-state index in [4.69, 9.17) is 16.2 Å². The minimum atomic E-state index is -0.611. The first kappa shape index (κ1) is 11.9. The number of carbonyl (C=O) groups is 1. The first-order valence-corrected chi connectivity index (χ1v) is 3.89. The first-order valence-electron chi connectivity index (χ1n) is 3.89. The number of hydrogen-bond acceptors (Lipinski definition) is 4. The maximum absolute atomic E-state index is 11.2. The molecule has 0 aliphatic heterocycles. The SMILES string of the molecule is CN=C(N)NC(=O)C(N)CCOC. The highest BCUT2D eigenvalue weighted by atomic mass is 16.5. The monoisotopic (exact) mass is 188 g/mol. The molecule has 0 radical (unpaired) electrons. The number of nitrogens with zero attached hydrogens (tertiary/aromatic N) is 1. The molecular formula is C7H16N4O2. The van der Waals surface area contributed by atoms with Crippen molar-refractivity contribution in [1.82, 2.24) is 5.32 Å². The smallest absolute Gasteiger partial charge is 0.243 e. The number of carbonyl (C=O) groups excluding carboxylic acids is 1. The third-order valence-corrected chi connectivity index (χ3v) is 1.46. The molecule has 0 heterocycles. The van der Waals surface area contributed by atoms with Crippen LogP contribution in [0.2, 0.25) is 0 Å². The van der Waals surface area contributed by atoms with Crippen LogP contribution in [-0.4, -0.2) is 38.7 Å². The molecule has 76 valence electrons. The van der Waals surface area contributed by atoms with E-state index in [0.717, 1.165) is 0 Å². The Labute approximate surface area is 77.3 Å². The lowest BCUT2D eigenvalue weighted by molar-refractivity contribution is -0.121. The summed E-state index contributed by atoms with van der Waals surface area (Å²) in [5, 5.41) is 2.35. The van der Waals surface area contributed by atoms with Gasteiger partial charge in [-0.05, 0) is 6.42 Å². The molecular weight excluding hydrogens is 172 g/mol. The fourth-order valence-corrected chi connectivity index (χ4v) is 0.651. The van der Waals surface area contributed by atoms with Gasteiger partial charge in [0.2, 0.25) is 5.91 Å². The summed E-state index contributed by atoms with van der Waals surface area (Å²) in [6.07, 6.45) is 0.458. The molecule has 0 saturated heterocycles. The van der Waals surface area contributed by atoms with E-state index in [1.54, 1.807) is 7.11 Å². The minimum Gasteiger partial charge on any atom is -0.385 e. The van der Waals surface area contributed by atoms with Crippen molar-refractivity contribution < 1.29 is 9.53 Å². The zero-order valence-corrected chi connectivity index (χ0v) is 7.91. The van der Waals surface area contributed by atoms with Gasteiger partial charge in [0.1, 0.15) is 0 Å². The Kier molecular flexibility index (Phi) is 5.82. The number of amides is 1. The van der Waals surface area contributed by atoms with E-state index in [9.17, 15) is 4.79 Å². The molecule has 0 fully saturated rings. The highest BCUT2D eigenvalue weighted by molar-refractivity contribution is 5.98. The summed E-state index contributed by atoms with van der Waals surface area (Å²) in [5.74, 6) is -0.280. The molecule has 1 amide bonds. The molecule has 0 spiro atoms. The fraction of sp³-hybridized carbons (Fsp3) is 0.714. The van der Waals surface area contributed by atoms with E-state index >= 15 is 0 Å². The summed E-state index contributed by atoms with van der Waals surface area (Å²) in [5.41, 5.74) is 10.8. The molecule has 0 aliphatic carbocycles. The number of aliphatic imine (C=N–C) groups is 1. The van der Waals surface area contributed by atoms with Gasteiger partial charge in [-0.1, -0.05) is 0 Å². The Morgan fingerprint density at radius 3 is 2.77 bits per heavy atom. The van der Waals surface area contributed by atoms with E-state index in [1.807, 2.05) is 0 Å². The third-order valence-electron chi connectivity index (χ3n) is 1.46. The first-order chi connectivity index (χ1) is 6.11. The fourth-order valence-electron chi connectivity index (χ4n) is 0.651. The summed E-state index contributed by atoms with van der Waals surface area (Å²) in [6.45, 7) is 0.442. The van der Waals surface area contributed by atoms with Crippen LogP contribution in [0.25, 0.3) is 0 Å². The van der Waals surface area contributed by atoms with Crippen LogP contribution in [0, 0.1) is 0 Å². The Morgan fingerprint density at radius 2 is 2.31 bits per heavy atom. The maximum atomic E-state index is 11.2. The summed E-state index contributed by atoms with van der Waals surface area (Å²) >= 11 is 0. The number of nitrogens with two attached hydrogens (primary N) is 2. The summed E-state index contributed by atoms with van der Waals surface area (Å²) in [4.78, 5) is 14.7. The van der Waals surface area contributed by atoms with Crippen molar-refractivity contribution in [1.29, 1.82) is 0 Å². The summed E-state index contributed by atoms with van der Waals surface area (Å²) in [7, 11) is 3.03. The van der Waals surface area contributed by atoms with Gasteiger partial charge < -0.3 is 16.2 Å². The zero-order valence-electron chi connectivity index (χ0n) is 7.91. The van der Waals surface area contributed by atoms with E-state index in [1.165, 1.54) is 7.05 Å². The van der Waals surface area contributed by atoms with Crippen LogP contribution in [0.3, 0.4) is 0 Å². The highest BCUT2D eigenvalue weighted by Gasteiger charge is 2.13. The molecule has 0 aromatic rings. The van der Waals surface area contributed by atoms with Gasteiger partial charge in [-0.2, -0.15) is 0 Å². The molecule has 0 bridgehead atoms. The van der Waals surface area contributed by atoms with E-state index in [-0.39, 0.29) is 11.9 Å². The van der Waals surface area contributed by atoms with Gasteiger partial charge in [-0.15, -0.1) is 0 Å². The molecule has 0 rings (SSSR count). The normalized spacial score (nSPS) is 13.9. The molecule has 0 aliphatic rings. The van der Waals surface area contributed by atoms with Crippen LogP contribution in [0.15, 0.2) is 4.99 Å². The van der Waals surface area contributed by atoms with Crippen molar-refractivity contribution in [2.24, 2.45) is 16.5 Å². The number of methoxy groups -OCH3 is 1. The van der Waals surface area contributed by atoms with Crippen LogP contribution in [0.4, 0.5) is 0 Å². The van der Waals surface area contributed by atoms with Gasteiger partial charge in [-0.25, -0.2) is 0 Å². The molecule has 0 aromatic carbocycles. The molecule has 0 aromatic heterocycles. The minimum absolute atomic E-state index is 0.0675. The van der Waals surface area contributed by atoms with Crippen LogP contribution in [-0.2, 0) is 9.53 Å². The van der Waals surface area contributed by atoms with Gasteiger partial charge in [0.15, 0.2) is 5.96 Å². The summed E-state index contributed by atoms with van der Waals surface area (Å²) < 4.78 is 4.77. The Bertz CT molecular complexity index is 193. The second-order valence-corrected chi connectivity index (χ2v) is 2.49. The zero-order chi connectivity index (χ0) is 10.3. The number of hydrogen-bond donors (Lipinski definition) is 3. The topological polar surface area (TPSA) is 103 Å². The van der Waals surface area contributed by atoms with Crippen molar-refractivity contribution in [3.05, 3.63) is 0 Å². The molecule has 6 heteroatoms. The largest absolute Gasteiger partial charge is 0.385 e. The van der Waals surface area contributed by atoms with Gasteiger partial charge in [-0.3, -0.25) is 15.1 Å². The molecule has 13 heavy (non-hydrogen) atoms. The van der Waals surface area contributed by atoms with E-state index in [2.05, 4.69) is 10.3 Å². The second-order valence-electron chi connectivity index (χ2n) is 2.49. The van der Waals surface area contributed by atoms with Gasteiger partial charge in [0.05, 0.1) is 6.04 Å². The predicted molar refractivity (Wildman–Crippen MR) is 50.2 cm³/mol. The number of rotatable bonds is 4. The Balaban J connectivity index is 3.82. The number of nitrogens with one attached hydrogen (secondary N) is 1. The Morgan fingerprint density at radius 1 is 1.69 bits per heavy atom. The quantitative estimate of drug-likeness (QED) is 0.365. The van der Waals surface area contributed by atoms with Crippen molar-refractivity contribution >= 4 is 11.9 Å². The van der Waals surface area contributed by atoms with Gasteiger partial charge in [0.25, 0.3) is 0 Å². The number of ether oxygens (including phenoxy) is 1. The van der Waals surface area contributed by atoms with Crippen molar-refractivity contribution in [2.45, 2.75) is 12.5 Å². The van der Waals surface area contributed by atoms with Crippen molar-refractivity contribution in [3.63, 3.8) is 0 Å². The standard InChI is InChI=1S/C7H16N4O2/c1-10-7(9)11-6(12)5(8)3-4-13-2/h5H,3-4,8H2,1-2H3,(H3,9,10,11,12). The lowest BCUT2D eigenvalue weighted by Crippen LogP contribution is -2.46. The van der Waals surface area contributed by atoms with E-state index < -0.39 is 6.04 Å². The third kappa shape index (κ3) is 5.15. The van der Waals surface area contributed by atoms with Crippen LogP contribution >= 0.6 is 0 Å². The molecule has 1 atom stereocenters. The lowest BCUT2D eigenvalue weighted by atomic mass is 10.2. The predicted octanol–water partition coefficient (Wildman–Crippen LogP) is -1.59. The summed E-state index contributed by atoms with van der Waals surface area (Å²) in [6, 6.07) is -0.611. The van der Waals surface area contributed by atoms with Crippen LogP contribution < -0.4 is 16.8 Å². The van der Waals surface area contributed by atoms with Crippen LogP contribution in [0.5, 0.6) is 0 Å².